The number of hydrogen-bond donors (Lipinski definition) is 1. The second-order valence-electron chi connectivity index (χ2n) is 4.23. The molecule has 0 aliphatic carbocycles. The Hall–Kier alpha value is -1.09. The molecule has 16 heavy (non-hydrogen) atoms. The van der Waals surface area contributed by atoms with Crippen molar-refractivity contribution in [1.82, 2.24) is 4.98 Å². The summed E-state index contributed by atoms with van der Waals surface area (Å²) in [6, 6.07) is 2.66. The first-order valence-corrected chi connectivity index (χ1v) is 6.06. The van der Waals surface area contributed by atoms with Crippen LogP contribution >= 0.6 is 0 Å². The number of nitrogens with two attached hydrogens (primary N) is 1. The largest absolute Gasteiger partial charge is 0.354 e. The summed E-state index contributed by atoms with van der Waals surface area (Å²) in [6.45, 7) is 10.3. The van der Waals surface area contributed by atoms with Gasteiger partial charge in [0.05, 0.1) is 0 Å². The van der Waals surface area contributed by atoms with Gasteiger partial charge in [-0.1, -0.05) is 6.92 Å². The van der Waals surface area contributed by atoms with Crippen molar-refractivity contribution in [2.75, 3.05) is 11.4 Å². The van der Waals surface area contributed by atoms with Gasteiger partial charge in [0.2, 0.25) is 0 Å². The lowest BCUT2D eigenvalue weighted by Gasteiger charge is -2.29. The van der Waals surface area contributed by atoms with Crippen molar-refractivity contribution in [3.8, 4) is 0 Å². The number of aromatic nitrogens is 1. The van der Waals surface area contributed by atoms with Crippen molar-refractivity contribution in [1.29, 1.82) is 0 Å². The van der Waals surface area contributed by atoms with Crippen LogP contribution in [0, 0.1) is 6.92 Å². The maximum Gasteiger partial charge on any atom is 0.131 e. The zero-order valence-electron chi connectivity index (χ0n) is 10.8. The summed E-state index contributed by atoms with van der Waals surface area (Å²) in [5, 5.41) is 0. The summed E-state index contributed by atoms with van der Waals surface area (Å²) in [5.41, 5.74) is 7.92. The highest BCUT2D eigenvalue weighted by Crippen LogP contribution is 2.20. The molecule has 2 N–H and O–H groups in total. The molecule has 0 bridgehead atoms. The third kappa shape index (κ3) is 2.73. The molecule has 0 aliphatic heterocycles. The molecule has 0 saturated heterocycles. The van der Waals surface area contributed by atoms with Crippen molar-refractivity contribution in [2.45, 2.75) is 46.7 Å². The molecule has 0 spiro atoms. The standard InChI is InChI=1S/C13H23N3/c1-5-11(4)16(6-2)13-10(3)7-12(8-14)9-15-13/h7,9,11H,5-6,8,14H2,1-4H3. The molecule has 0 amide bonds. The Labute approximate surface area is 98.7 Å². The Bertz CT molecular complexity index is 336. The number of nitrogens with zero attached hydrogens (tertiary/aromatic N) is 2. The topological polar surface area (TPSA) is 42.2 Å². The van der Waals surface area contributed by atoms with Gasteiger partial charge in [0, 0.05) is 25.3 Å². The summed E-state index contributed by atoms with van der Waals surface area (Å²) in [4.78, 5) is 6.88. The quantitative estimate of drug-likeness (QED) is 0.830. The molecule has 90 valence electrons. The first kappa shape index (κ1) is 13.0. The van der Waals surface area contributed by atoms with Crippen LogP contribution in [0.15, 0.2) is 12.3 Å². The molecular formula is C13H23N3. The van der Waals surface area contributed by atoms with Gasteiger partial charge in [-0.15, -0.1) is 0 Å². The van der Waals surface area contributed by atoms with Crippen molar-refractivity contribution >= 4 is 5.82 Å². The summed E-state index contributed by atoms with van der Waals surface area (Å²) in [5.74, 6) is 1.09. The van der Waals surface area contributed by atoms with Crippen molar-refractivity contribution < 1.29 is 0 Å². The molecule has 1 heterocycles. The van der Waals surface area contributed by atoms with E-state index in [1.807, 2.05) is 6.20 Å². The van der Waals surface area contributed by atoms with Gasteiger partial charge in [-0.2, -0.15) is 0 Å². The molecule has 1 rings (SSSR count). The predicted molar refractivity (Wildman–Crippen MR) is 69.6 cm³/mol. The smallest absolute Gasteiger partial charge is 0.131 e. The highest BCUT2D eigenvalue weighted by Gasteiger charge is 2.14. The van der Waals surface area contributed by atoms with Crippen LogP contribution in [0.25, 0.3) is 0 Å². The van der Waals surface area contributed by atoms with E-state index < -0.39 is 0 Å². The van der Waals surface area contributed by atoms with Crippen LogP contribution in [0.4, 0.5) is 5.82 Å². The minimum Gasteiger partial charge on any atom is -0.354 e. The zero-order valence-corrected chi connectivity index (χ0v) is 10.8. The van der Waals surface area contributed by atoms with Crippen LogP contribution < -0.4 is 10.6 Å². The molecule has 0 aliphatic rings. The van der Waals surface area contributed by atoms with Gasteiger partial charge in [-0.3, -0.25) is 0 Å². The lowest BCUT2D eigenvalue weighted by Crippen LogP contribution is -2.33. The SMILES string of the molecule is CCC(C)N(CC)c1ncc(CN)cc1C. The maximum atomic E-state index is 5.61. The highest BCUT2D eigenvalue weighted by atomic mass is 15.2. The first-order chi connectivity index (χ1) is 7.63. The fourth-order valence-electron chi connectivity index (χ4n) is 1.93. The highest BCUT2D eigenvalue weighted by molar-refractivity contribution is 5.48. The number of anilines is 1. The molecule has 0 radical (unpaired) electrons. The second-order valence-corrected chi connectivity index (χ2v) is 4.23. The second kappa shape index (κ2) is 5.85. The van der Waals surface area contributed by atoms with Crippen LogP contribution in [0.1, 0.15) is 38.3 Å². The average Bonchev–Trinajstić information content (AvgIpc) is 2.31. The Morgan fingerprint density at radius 2 is 2.12 bits per heavy atom. The fraction of sp³-hybridized carbons (Fsp3) is 0.615. The van der Waals surface area contributed by atoms with Crippen molar-refractivity contribution in [3.05, 3.63) is 23.4 Å². The Morgan fingerprint density at radius 3 is 2.56 bits per heavy atom. The van der Waals surface area contributed by atoms with Gasteiger partial charge >= 0.3 is 0 Å². The van der Waals surface area contributed by atoms with E-state index in [0.717, 1.165) is 24.3 Å². The molecular weight excluding hydrogens is 198 g/mol. The van der Waals surface area contributed by atoms with Gasteiger partial charge in [-0.25, -0.2) is 4.98 Å². The summed E-state index contributed by atoms with van der Waals surface area (Å²) >= 11 is 0. The van der Waals surface area contributed by atoms with Crippen LogP contribution in [0.2, 0.25) is 0 Å². The minimum atomic E-state index is 0.528. The van der Waals surface area contributed by atoms with E-state index in [1.54, 1.807) is 0 Å². The summed E-state index contributed by atoms with van der Waals surface area (Å²) < 4.78 is 0. The maximum absolute atomic E-state index is 5.61. The molecule has 1 atom stereocenters. The lowest BCUT2D eigenvalue weighted by atomic mass is 10.1. The van der Waals surface area contributed by atoms with Crippen LogP contribution in [0.3, 0.4) is 0 Å². The molecule has 3 heteroatoms. The Balaban J connectivity index is 3.01. The molecule has 0 aromatic carbocycles. The van der Waals surface area contributed by atoms with E-state index in [2.05, 4.69) is 43.6 Å². The molecule has 0 saturated carbocycles. The van der Waals surface area contributed by atoms with E-state index in [1.165, 1.54) is 5.56 Å². The van der Waals surface area contributed by atoms with Gasteiger partial charge in [0.15, 0.2) is 0 Å². The van der Waals surface area contributed by atoms with Gasteiger partial charge in [0.25, 0.3) is 0 Å². The molecule has 1 aromatic rings. The van der Waals surface area contributed by atoms with Crippen LogP contribution in [0.5, 0.6) is 0 Å². The molecule has 1 aromatic heterocycles. The first-order valence-electron chi connectivity index (χ1n) is 6.06. The van der Waals surface area contributed by atoms with Crippen LogP contribution in [-0.4, -0.2) is 17.6 Å². The van der Waals surface area contributed by atoms with Crippen molar-refractivity contribution in [3.63, 3.8) is 0 Å². The third-order valence-corrected chi connectivity index (χ3v) is 3.08. The monoisotopic (exact) mass is 221 g/mol. The van der Waals surface area contributed by atoms with Crippen molar-refractivity contribution in [2.24, 2.45) is 5.73 Å². The lowest BCUT2D eigenvalue weighted by molar-refractivity contribution is 0.621. The number of hydrogen-bond acceptors (Lipinski definition) is 3. The van der Waals surface area contributed by atoms with E-state index >= 15 is 0 Å². The van der Waals surface area contributed by atoms with E-state index in [-0.39, 0.29) is 0 Å². The number of rotatable bonds is 5. The van der Waals surface area contributed by atoms with E-state index in [9.17, 15) is 0 Å². The number of aryl methyl sites for hydroxylation is 1. The minimum absolute atomic E-state index is 0.528. The molecule has 3 nitrogen and oxygen atoms in total. The van der Waals surface area contributed by atoms with E-state index in [4.69, 9.17) is 5.73 Å². The molecule has 0 fully saturated rings. The zero-order chi connectivity index (χ0) is 12.1. The Morgan fingerprint density at radius 1 is 1.44 bits per heavy atom. The molecule has 1 unspecified atom stereocenters. The fourth-order valence-corrected chi connectivity index (χ4v) is 1.93. The number of pyridine rings is 1. The Kier molecular flexibility index (Phi) is 4.74. The van der Waals surface area contributed by atoms with Gasteiger partial charge < -0.3 is 10.6 Å². The van der Waals surface area contributed by atoms with Crippen LogP contribution in [-0.2, 0) is 6.54 Å². The summed E-state index contributed by atoms with van der Waals surface area (Å²) in [7, 11) is 0. The third-order valence-electron chi connectivity index (χ3n) is 3.08. The average molecular weight is 221 g/mol. The normalized spacial score (nSPS) is 12.6. The van der Waals surface area contributed by atoms with E-state index in [0.29, 0.717) is 12.6 Å². The predicted octanol–water partition coefficient (Wildman–Crippen LogP) is 2.47. The van der Waals surface area contributed by atoms with Gasteiger partial charge in [0.1, 0.15) is 5.82 Å². The summed E-state index contributed by atoms with van der Waals surface area (Å²) in [6.07, 6.45) is 3.01. The van der Waals surface area contributed by atoms with Gasteiger partial charge in [-0.05, 0) is 44.4 Å².